The molecule has 1 aromatic heterocycles. The van der Waals surface area contributed by atoms with Crippen molar-refractivity contribution in [2.45, 2.75) is 26.4 Å². The summed E-state index contributed by atoms with van der Waals surface area (Å²) in [4.78, 5) is 5.14. The second-order valence-corrected chi connectivity index (χ2v) is 9.12. The minimum atomic E-state index is 0.299. The molecule has 0 aliphatic carbocycles. The highest BCUT2D eigenvalue weighted by molar-refractivity contribution is 5.59. The molecule has 3 heteroatoms. The number of aryl methyl sites for hydroxylation is 2. The maximum absolute atomic E-state index is 6.30. The Morgan fingerprint density at radius 3 is 1.88 bits per heavy atom. The second kappa shape index (κ2) is 9.78. The third kappa shape index (κ3) is 4.95. The van der Waals surface area contributed by atoms with Gasteiger partial charge in [-0.15, -0.1) is 0 Å². The van der Waals surface area contributed by atoms with E-state index in [1.54, 1.807) is 0 Å². The van der Waals surface area contributed by atoms with Crippen LogP contribution in [0, 0.1) is 13.8 Å². The Morgan fingerprint density at radius 2 is 1.30 bits per heavy atom. The lowest BCUT2D eigenvalue weighted by Crippen LogP contribution is -2.47. The topological polar surface area (TPSA) is 19.6 Å². The van der Waals surface area contributed by atoms with Gasteiger partial charge in [0.25, 0.3) is 0 Å². The zero-order valence-corrected chi connectivity index (χ0v) is 19.6. The van der Waals surface area contributed by atoms with E-state index in [9.17, 15) is 0 Å². The molecule has 0 atom stereocenters. The molecule has 0 spiro atoms. The van der Waals surface area contributed by atoms with Crippen LogP contribution in [0.5, 0.6) is 0 Å². The molecule has 1 saturated heterocycles. The Labute approximate surface area is 197 Å². The van der Waals surface area contributed by atoms with Crippen LogP contribution in [0.2, 0.25) is 0 Å². The predicted octanol–water partition coefficient (Wildman–Crippen LogP) is 6.47. The van der Waals surface area contributed by atoms with Crippen LogP contribution in [0.25, 0.3) is 11.3 Å². The molecule has 3 aromatic carbocycles. The molecule has 0 radical (unpaired) electrons. The van der Waals surface area contributed by atoms with Gasteiger partial charge in [0, 0.05) is 31.7 Å². The third-order valence-corrected chi connectivity index (χ3v) is 6.73. The fourth-order valence-corrected chi connectivity index (χ4v) is 4.80. The van der Waals surface area contributed by atoms with E-state index in [-0.39, 0.29) is 0 Å². The summed E-state index contributed by atoms with van der Waals surface area (Å²) in [7, 11) is 0. The summed E-state index contributed by atoms with van der Waals surface area (Å²) in [5.41, 5.74) is 6.38. The van der Waals surface area contributed by atoms with Crippen LogP contribution < -0.4 is 0 Å². The van der Waals surface area contributed by atoms with Gasteiger partial charge in [-0.25, -0.2) is 0 Å². The Kier molecular flexibility index (Phi) is 6.43. The lowest BCUT2D eigenvalue weighted by atomic mass is 9.96. The van der Waals surface area contributed by atoms with Crippen LogP contribution >= 0.6 is 0 Å². The molecule has 33 heavy (non-hydrogen) atoms. The molecule has 0 bridgehead atoms. The summed E-state index contributed by atoms with van der Waals surface area (Å²) >= 11 is 0. The van der Waals surface area contributed by atoms with Crippen LogP contribution in [0.3, 0.4) is 0 Å². The number of hydrogen-bond donors (Lipinski definition) is 0. The molecule has 5 rings (SSSR count). The van der Waals surface area contributed by atoms with Gasteiger partial charge in [-0.2, -0.15) is 0 Å². The zero-order valence-electron chi connectivity index (χ0n) is 19.6. The monoisotopic (exact) mass is 436 g/mol. The first-order valence-corrected chi connectivity index (χ1v) is 11.9. The lowest BCUT2D eigenvalue weighted by Gasteiger charge is -2.39. The van der Waals surface area contributed by atoms with Gasteiger partial charge in [0.15, 0.2) is 0 Å². The normalized spacial score (nSPS) is 15.2. The summed E-state index contributed by atoms with van der Waals surface area (Å²) < 4.78 is 6.30. The van der Waals surface area contributed by atoms with Crippen molar-refractivity contribution in [1.82, 2.24) is 9.80 Å². The van der Waals surface area contributed by atoms with Crippen LogP contribution in [0.15, 0.2) is 95.4 Å². The zero-order chi connectivity index (χ0) is 22.6. The van der Waals surface area contributed by atoms with E-state index < -0.39 is 0 Å². The van der Waals surface area contributed by atoms with E-state index in [0.29, 0.717) is 6.04 Å². The standard InChI is InChI=1S/C30H32N2O/c1-23-13-15-25(16-14-23)28-21-24(2)29(33-28)22-31-17-19-32(20-18-31)30(26-9-5-3-6-10-26)27-11-7-4-8-12-27/h3-16,21,30H,17-20,22H2,1-2H3. The first kappa shape index (κ1) is 21.7. The van der Waals surface area contributed by atoms with Crippen molar-refractivity contribution in [3.8, 4) is 11.3 Å². The van der Waals surface area contributed by atoms with Crippen LogP contribution in [0.1, 0.15) is 34.1 Å². The highest BCUT2D eigenvalue weighted by Gasteiger charge is 2.27. The van der Waals surface area contributed by atoms with Gasteiger partial charge in [-0.1, -0.05) is 90.5 Å². The first-order valence-electron chi connectivity index (χ1n) is 11.9. The molecule has 0 unspecified atom stereocenters. The van der Waals surface area contributed by atoms with E-state index in [1.165, 1.54) is 22.3 Å². The van der Waals surface area contributed by atoms with Crippen molar-refractivity contribution in [2.24, 2.45) is 0 Å². The van der Waals surface area contributed by atoms with Crippen molar-refractivity contribution < 1.29 is 4.42 Å². The Bertz CT molecular complexity index is 1120. The van der Waals surface area contributed by atoms with Gasteiger partial charge in [-0.3, -0.25) is 9.80 Å². The molecule has 168 valence electrons. The molecule has 1 fully saturated rings. The number of furan rings is 1. The molecular weight excluding hydrogens is 404 g/mol. The number of benzene rings is 3. The van der Waals surface area contributed by atoms with Crippen molar-refractivity contribution in [3.63, 3.8) is 0 Å². The lowest BCUT2D eigenvalue weighted by molar-refractivity contribution is 0.0997. The first-order chi connectivity index (χ1) is 16.2. The maximum atomic E-state index is 6.30. The molecular formula is C30H32N2O. The summed E-state index contributed by atoms with van der Waals surface area (Å²) in [6, 6.07) is 32.8. The van der Waals surface area contributed by atoms with E-state index in [2.05, 4.69) is 115 Å². The van der Waals surface area contributed by atoms with Gasteiger partial charge in [0.1, 0.15) is 11.5 Å². The molecule has 0 N–H and O–H groups in total. The summed E-state index contributed by atoms with van der Waals surface area (Å²) in [6.07, 6.45) is 0. The van der Waals surface area contributed by atoms with Gasteiger partial charge in [0.2, 0.25) is 0 Å². The summed E-state index contributed by atoms with van der Waals surface area (Å²) in [5, 5.41) is 0. The number of hydrogen-bond acceptors (Lipinski definition) is 3. The molecule has 2 heterocycles. The maximum Gasteiger partial charge on any atom is 0.134 e. The molecule has 0 saturated carbocycles. The fourth-order valence-electron chi connectivity index (χ4n) is 4.80. The Balaban J connectivity index is 1.27. The SMILES string of the molecule is Cc1ccc(-c2cc(C)c(CN3CCN(C(c4ccccc4)c4ccccc4)CC3)o2)cc1. The average molecular weight is 437 g/mol. The molecule has 4 aromatic rings. The third-order valence-electron chi connectivity index (χ3n) is 6.73. The highest BCUT2D eigenvalue weighted by atomic mass is 16.3. The van der Waals surface area contributed by atoms with Crippen molar-refractivity contribution in [1.29, 1.82) is 0 Å². The van der Waals surface area contributed by atoms with Crippen LogP contribution in [-0.2, 0) is 6.54 Å². The average Bonchev–Trinajstić information content (AvgIpc) is 3.22. The molecule has 1 aliphatic heterocycles. The van der Waals surface area contributed by atoms with E-state index in [4.69, 9.17) is 4.42 Å². The van der Waals surface area contributed by atoms with E-state index in [1.807, 2.05) is 0 Å². The van der Waals surface area contributed by atoms with Crippen LogP contribution in [0.4, 0.5) is 0 Å². The van der Waals surface area contributed by atoms with Gasteiger partial charge >= 0.3 is 0 Å². The minimum Gasteiger partial charge on any atom is -0.459 e. The summed E-state index contributed by atoms with van der Waals surface area (Å²) in [5.74, 6) is 2.05. The number of rotatable bonds is 6. The Morgan fingerprint density at radius 1 is 0.727 bits per heavy atom. The van der Waals surface area contributed by atoms with Crippen molar-refractivity contribution in [2.75, 3.05) is 26.2 Å². The smallest absolute Gasteiger partial charge is 0.134 e. The second-order valence-electron chi connectivity index (χ2n) is 9.12. The quantitative estimate of drug-likeness (QED) is 0.345. The summed E-state index contributed by atoms with van der Waals surface area (Å²) in [6.45, 7) is 9.30. The Hall–Kier alpha value is -3.14. The number of nitrogens with zero attached hydrogens (tertiary/aromatic N) is 2. The fraction of sp³-hybridized carbons (Fsp3) is 0.267. The van der Waals surface area contributed by atoms with Gasteiger partial charge in [0.05, 0.1) is 12.6 Å². The van der Waals surface area contributed by atoms with Gasteiger partial charge < -0.3 is 4.42 Å². The van der Waals surface area contributed by atoms with Crippen molar-refractivity contribution >= 4 is 0 Å². The molecule has 0 amide bonds. The largest absolute Gasteiger partial charge is 0.459 e. The van der Waals surface area contributed by atoms with E-state index in [0.717, 1.165) is 49.8 Å². The highest BCUT2D eigenvalue weighted by Crippen LogP contribution is 2.31. The van der Waals surface area contributed by atoms with E-state index >= 15 is 0 Å². The van der Waals surface area contributed by atoms with Crippen molar-refractivity contribution in [3.05, 3.63) is 119 Å². The predicted molar refractivity (Wildman–Crippen MR) is 135 cm³/mol. The molecule has 3 nitrogen and oxygen atoms in total. The van der Waals surface area contributed by atoms with Gasteiger partial charge in [-0.05, 0) is 36.6 Å². The number of piperazine rings is 1. The van der Waals surface area contributed by atoms with Crippen LogP contribution in [-0.4, -0.2) is 36.0 Å². The minimum absolute atomic E-state index is 0.299. The molecule has 1 aliphatic rings.